The topological polar surface area (TPSA) is 130 Å². The molecule has 9 nitrogen and oxygen atoms in total. The third-order valence-electron chi connectivity index (χ3n) is 4.67. The van der Waals surface area contributed by atoms with Gasteiger partial charge in [0.05, 0.1) is 12.2 Å². The van der Waals surface area contributed by atoms with Gasteiger partial charge in [0.1, 0.15) is 12.7 Å². The minimum Gasteiger partial charge on any atom is -0.478 e. The van der Waals surface area contributed by atoms with E-state index >= 15 is 0 Å². The number of carbonyl (C=O) groups excluding carboxylic acids is 1. The normalized spacial score (nSPS) is 10.8. The van der Waals surface area contributed by atoms with Crippen molar-refractivity contribution >= 4 is 22.8 Å². The number of aromatic carboxylic acids is 1. The number of aromatic nitrogens is 4. The molecule has 0 aliphatic heterocycles. The van der Waals surface area contributed by atoms with Gasteiger partial charge in [0.2, 0.25) is 0 Å². The Kier molecular flexibility index (Phi) is 5.08. The van der Waals surface area contributed by atoms with Gasteiger partial charge in [-0.15, -0.1) is 10.2 Å². The van der Waals surface area contributed by atoms with Crippen LogP contribution in [0.5, 0.6) is 0 Å². The zero-order chi connectivity index (χ0) is 21.1. The van der Waals surface area contributed by atoms with Crippen molar-refractivity contribution in [2.24, 2.45) is 0 Å². The van der Waals surface area contributed by atoms with Crippen molar-refractivity contribution in [3.05, 3.63) is 93.8 Å². The van der Waals surface area contributed by atoms with Crippen molar-refractivity contribution in [2.75, 3.05) is 0 Å². The van der Waals surface area contributed by atoms with Crippen molar-refractivity contribution in [1.82, 2.24) is 25.1 Å². The second-order valence-corrected chi connectivity index (χ2v) is 6.74. The van der Waals surface area contributed by atoms with Crippen LogP contribution in [0.3, 0.4) is 0 Å². The molecule has 0 saturated carbocycles. The number of carboxylic acid groups (broad SMARTS) is 1. The van der Waals surface area contributed by atoms with Crippen molar-refractivity contribution < 1.29 is 14.7 Å². The first-order chi connectivity index (χ1) is 14.5. The van der Waals surface area contributed by atoms with E-state index in [0.29, 0.717) is 23.1 Å². The average molecular weight is 403 g/mol. The lowest BCUT2D eigenvalue weighted by molar-refractivity contribution is 0.0696. The van der Waals surface area contributed by atoms with Crippen LogP contribution in [0.1, 0.15) is 31.8 Å². The third kappa shape index (κ3) is 4.09. The molecule has 0 unspecified atom stereocenters. The summed E-state index contributed by atoms with van der Waals surface area (Å²) in [6.45, 7) is 0.243. The predicted molar refractivity (Wildman–Crippen MR) is 108 cm³/mol. The fraction of sp³-hybridized carbons (Fsp3) is 0.0952. The Morgan fingerprint density at radius 3 is 2.40 bits per heavy atom. The SMILES string of the molecule is O=C(O)c1ccc(Cc2cc3cc(C(=O)NCn4cnnc4)ccc3[nH]c2=O)cc1. The Hall–Kier alpha value is -4.27. The molecule has 9 heteroatoms. The number of hydrogen-bond acceptors (Lipinski definition) is 5. The number of amides is 1. The van der Waals surface area contributed by atoms with Gasteiger partial charge in [-0.1, -0.05) is 12.1 Å². The monoisotopic (exact) mass is 403 g/mol. The van der Waals surface area contributed by atoms with Gasteiger partial charge < -0.3 is 20.0 Å². The van der Waals surface area contributed by atoms with E-state index in [2.05, 4.69) is 20.5 Å². The van der Waals surface area contributed by atoms with Gasteiger partial charge in [0.15, 0.2) is 0 Å². The summed E-state index contributed by atoms with van der Waals surface area (Å²) >= 11 is 0. The summed E-state index contributed by atoms with van der Waals surface area (Å²) in [7, 11) is 0. The maximum absolute atomic E-state index is 12.4. The zero-order valence-electron chi connectivity index (χ0n) is 15.7. The molecule has 0 fully saturated rings. The number of aromatic amines is 1. The van der Waals surface area contributed by atoms with E-state index in [0.717, 1.165) is 10.9 Å². The maximum Gasteiger partial charge on any atom is 0.335 e. The quantitative estimate of drug-likeness (QED) is 0.450. The first kappa shape index (κ1) is 19.1. The number of nitrogens with zero attached hydrogens (tertiary/aromatic N) is 3. The second kappa shape index (κ2) is 8.00. The molecule has 3 N–H and O–H groups in total. The molecule has 0 atom stereocenters. The smallest absolute Gasteiger partial charge is 0.335 e. The summed E-state index contributed by atoms with van der Waals surface area (Å²) < 4.78 is 1.63. The van der Waals surface area contributed by atoms with Crippen LogP contribution in [-0.4, -0.2) is 36.7 Å². The molecule has 2 aromatic carbocycles. The van der Waals surface area contributed by atoms with Crippen molar-refractivity contribution in [2.45, 2.75) is 13.1 Å². The highest BCUT2D eigenvalue weighted by Gasteiger charge is 2.10. The number of pyridine rings is 1. The molecule has 30 heavy (non-hydrogen) atoms. The summed E-state index contributed by atoms with van der Waals surface area (Å²) in [5, 5.41) is 19.8. The van der Waals surface area contributed by atoms with E-state index < -0.39 is 5.97 Å². The summed E-state index contributed by atoms with van der Waals surface area (Å²) in [6.07, 6.45) is 3.34. The Bertz CT molecular complexity index is 1280. The lowest BCUT2D eigenvalue weighted by Gasteiger charge is -2.08. The Labute approximate surface area is 170 Å². The summed E-state index contributed by atoms with van der Waals surface area (Å²) in [6, 6.07) is 13.2. The van der Waals surface area contributed by atoms with Gasteiger partial charge in [-0.2, -0.15) is 0 Å². The highest BCUT2D eigenvalue weighted by atomic mass is 16.4. The predicted octanol–water partition coefficient (Wildman–Crippen LogP) is 1.80. The second-order valence-electron chi connectivity index (χ2n) is 6.74. The van der Waals surface area contributed by atoms with Crippen molar-refractivity contribution in [3.8, 4) is 0 Å². The molecule has 2 aromatic heterocycles. The summed E-state index contributed by atoms with van der Waals surface area (Å²) in [5.74, 6) is -1.26. The molecule has 0 radical (unpaired) electrons. The van der Waals surface area contributed by atoms with Gasteiger partial charge >= 0.3 is 5.97 Å². The minimum atomic E-state index is -1.000. The van der Waals surface area contributed by atoms with E-state index in [9.17, 15) is 14.4 Å². The van der Waals surface area contributed by atoms with Gasteiger partial charge in [0.25, 0.3) is 11.5 Å². The van der Waals surface area contributed by atoms with Crippen LogP contribution < -0.4 is 10.9 Å². The van der Waals surface area contributed by atoms with Gasteiger partial charge in [0, 0.05) is 23.1 Å². The van der Waals surface area contributed by atoms with E-state index in [1.54, 1.807) is 41.0 Å². The fourth-order valence-electron chi connectivity index (χ4n) is 3.08. The van der Waals surface area contributed by atoms with Crippen molar-refractivity contribution in [3.63, 3.8) is 0 Å². The fourth-order valence-corrected chi connectivity index (χ4v) is 3.08. The Morgan fingerprint density at radius 1 is 1.00 bits per heavy atom. The molecule has 0 aliphatic rings. The highest BCUT2D eigenvalue weighted by Crippen LogP contribution is 2.16. The molecule has 0 bridgehead atoms. The number of carbonyl (C=O) groups is 2. The number of hydrogen-bond donors (Lipinski definition) is 3. The first-order valence-corrected chi connectivity index (χ1v) is 9.08. The lowest BCUT2D eigenvalue weighted by Crippen LogP contribution is -2.25. The molecule has 150 valence electrons. The molecule has 1 amide bonds. The number of rotatable bonds is 6. The highest BCUT2D eigenvalue weighted by molar-refractivity contribution is 5.97. The number of benzene rings is 2. The van der Waals surface area contributed by atoms with Gasteiger partial charge in [-0.25, -0.2) is 4.79 Å². The number of nitrogens with one attached hydrogen (secondary N) is 2. The van der Waals surface area contributed by atoms with Crippen molar-refractivity contribution in [1.29, 1.82) is 0 Å². The van der Waals surface area contributed by atoms with E-state index in [4.69, 9.17) is 5.11 Å². The van der Waals surface area contributed by atoms with Crippen LogP contribution in [0.15, 0.2) is 66.0 Å². The van der Waals surface area contributed by atoms with Crippen LogP contribution in [0.4, 0.5) is 0 Å². The van der Waals surface area contributed by atoms with E-state index in [-0.39, 0.29) is 23.7 Å². The largest absolute Gasteiger partial charge is 0.478 e. The third-order valence-corrected chi connectivity index (χ3v) is 4.67. The van der Waals surface area contributed by atoms with Crippen LogP contribution in [0, 0.1) is 0 Å². The summed E-state index contributed by atoms with van der Waals surface area (Å²) in [4.78, 5) is 38.7. The first-order valence-electron chi connectivity index (χ1n) is 9.08. The number of carboxylic acids is 1. The van der Waals surface area contributed by atoms with Gasteiger partial charge in [-0.05, 0) is 47.3 Å². The number of H-pyrrole nitrogens is 1. The zero-order valence-corrected chi connectivity index (χ0v) is 15.7. The molecule has 4 rings (SSSR count). The number of fused-ring (bicyclic) bond motifs is 1. The van der Waals surface area contributed by atoms with Crippen LogP contribution in [0.2, 0.25) is 0 Å². The standard InChI is InChI=1S/C21H17N5O4/c27-19(22-10-26-11-23-24-12-26)15-5-6-18-16(8-15)9-17(20(28)25-18)7-13-1-3-14(4-2-13)21(29)30/h1-6,8-9,11-12H,7,10H2,(H,22,27)(H,25,28)(H,29,30). The molecule has 0 saturated heterocycles. The molecule has 0 aliphatic carbocycles. The molecule has 2 heterocycles. The Morgan fingerprint density at radius 2 is 1.70 bits per heavy atom. The maximum atomic E-state index is 12.4. The minimum absolute atomic E-state index is 0.188. The molecule has 0 spiro atoms. The Balaban J connectivity index is 1.57. The molecular weight excluding hydrogens is 386 g/mol. The van der Waals surface area contributed by atoms with E-state index in [1.165, 1.54) is 24.8 Å². The molecule has 4 aromatic rings. The summed E-state index contributed by atoms with van der Waals surface area (Å²) in [5.41, 5.74) is 2.38. The lowest BCUT2D eigenvalue weighted by atomic mass is 10.0. The van der Waals surface area contributed by atoms with Crippen LogP contribution >= 0.6 is 0 Å². The average Bonchev–Trinajstić information content (AvgIpc) is 3.26. The van der Waals surface area contributed by atoms with Gasteiger partial charge in [-0.3, -0.25) is 9.59 Å². The van der Waals surface area contributed by atoms with Crippen LogP contribution in [-0.2, 0) is 13.1 Å². The van der Waals surface area contributed by atoms with Crippen LogP contribution in [0.25, 0.3) is 10.9 Å². The molecular formula is C21H17N5O4. The van der Waals surface area contributed by atoms with E-state index in [1.807, 2.05) is 0 Å².